The van der Waals surface area contributed by atoms with Gasteiger partial charge in [0.15, 0.2) is 0 Å². The van der Waals surface area contributed by atoms with E-state index in [0.29, 0.717) is 10.6 Å². The quantitative estimate of drug-likeness (QED) is 0.757. The number of rotatable bonds is 4. The SMILES string of the molecule is C[C@@]1(c2ccc(Cl)cc2)NC(=O)N(CC(=O)Nc2ccc(F)c(Cl)c2)C1=O. The summed E-state index contributed by atoms with van der Waals surface area (Å²) in [6.45, 7) is 1.05. The third-order valence-corrected chi connectivity index (χ3v) is 4.74. The number of imide groups is 1. The molecule has 2 aromatic carbocycles. The molecule has 0 aliphatic carbocycles. The molecule has 0 unspecified atom stereocenters. The zero-order valence-electron chi connectivity index (χ0n) is 14.1. The van der Waals surface area contributed by atoms with Gasteiger partial charge in [0.1, 0.15) is 17.9 Å². The number of nitrogens with zero attached hydrogens (tertiary/aromatic N) is 1. The molecule has 1 fully saturated rings. The molecule has 0 saturated carbocycles. The Labute approximate surface area is 164 Å². The van der Waals surface area contributed by atoms with Crippen molar-refractivity contribution in [1.82, 2.24) is 10.2 Å². The van der Waals surface area contributed by atoms with Crippen LogP contribution in [0.3, 0.4) is 0 Å². The Morgan fingerprint density at radius 1 is 1.19 bits per heavy atom. The second-order valence-corrected chi connectivity index (χ2v) is 6.97. The van der Waals surface area contributed by atoms with E-state index >= 15 is 0 Å². The van der Waals surface area contributed by atoms with Crippen LogP contribution in [0.1, 0.15) is 12.5 Å². The molecular formula is C18H14Cl2FN3O3. The van der Waals surface area contributed by atoms with Gasteiger partial charge in [-0.1, -0.05) is 35.3 Å². The van der Waals surface area contributed by atoms with E-state index in [0.717, 1.165) is 11.0 Å². The highest BCUT2D eigenvalue weighted by Crippen LogP contribution is 2.29. The molecule has 1 heterocycles. The molecule has 0 bridgehead atoms. The van der Waals surface area contributed by atoms with E-state index in [9.17, 15) is 18.8 Å². The number of amides is 4. The van der Waals surface area contributed by atoms with Gasteiger partial charge in [-0.05, 0) is 42.8 Å². The number of nitrogens with one attached hydrogen (secondary N) is 2. The normalized spacial score (nSPS) is 19.2. The van der Waals surface area contributed by atoms with Crippen LogP contribution in [-0.4, -0.2) is 29.3 Å². The molecule has 9 heteroatoms. The molecule has 0 aromatic heterocycles. The van der Waals surface area contributed by atoms with E-state index in [-0.39, 0.29) is 10.7 Å². The number of urea groups is 1. The topological polar surface area (TPSA) is 78.5 Å². The number of anilines is 1. The third-order valence-electron chi connectivity index (χ3n) is 4.20. The predicted molar refractivity (Wildman–Crippen MR) is 99.1 cm³/mol. The lowest BCUT2D eigenvalue weighted by Gasteiger charge is -2.22. The molecule has 6 nitrogen and oxygen atoms in total. The Morgan fingerprint density at radius 2 is 1.85 bits per heavy atom. The van der Waals surface area contributed by atoms with Gasteiger partial charge in [-0.2, -0.15) is 0 Å². The number of halogens is 3. The fourth-order valence-corrected chi connectivity index (χ4v) is 3.04. The highest BCUT2D eigenvalue weighted by molar-refractivity contribution is 6.31. The van der Waals surface area contributed by atoms with Gasteiger partial charge in [0.05, 0.1) is 5.02 Å². The maximum absolute atomic E-state index is 13.2. The summed E-state index contributed by atoms with van der Waals surface area (Å²) in [6.07, 6.45) is 0. The zero-order valence-corrected chi connectivity index (χ0v) is 15.6. The van der Waals surface area contributed by atoms with E-state index in [1.165, 1.54) is 12.1 Å². The Kier molecular flexibility index (Phi) is 5.08. The first-order chi connectivity index (χ1) is 12.7. The Morgan fingerprint density at radius 3 is 2.48 bits per heavy atom. The number of carbonyl (C=O) groups excluding carboxylic acids is 3. The predicted octanol–water partition coefficient (Wildman–Crippen LogP) is 3.54. The fourth-order valence-electron chi connectivity index (χ4n) is 2.74. The molecule has 3 rings (SSSR count). The molecule has 0 spiro atoms. The van der Waals surface area contributed by atoms with E-state index in [2.05, 4.69) is 10.6 Å². The van der Waals surface area contributed by atoms with Crippen molar-refractivity contribution in [3.8, 4) is 0 Å². The van der Waals surface area contributed by atoms with Crippen LogP contribution in [-0.2, 0) is 15.1 Å². The standard InChI is InChI=1S/C18H14Cl2FN3O3/c1-18(10-2-4-11(19)5-3-10)16(26)24(17(27)23-18)9-15(25)22-12-6-7-14(21)13(20)8-12/h2-8H,9H2,1H3,(H,22,25)(H,23,27)/t18-/m0/s1. The van der Waals surface area contributed by atoms with Gasteiger partial charge in [0, 0.05) is 10.7 Å². The number of hydrogen-bond acceptors (Lipinski definition) is 3. The van der Waals surface area contributed by atoms with Gasteiger partial charge in [-0.3, -0.25) is 14.5 Å². The second-order valence-electron chi connectivity index (χ2n) is 6.13. The van der Waals surface area contributed by atoms with Gasteiger partial charge in [-0.25, -0.2) is 9.18 Å². The number of hydrogen-bond donors (Lipinski definition) is 2. The van der Waals surface area contributed by atoms with E-state index in [4.69, 9.17) is 23.2 Å². The van der Waals surface area contributed by atoms with Crippen LogP contribution < -0.4 is 10.6 Å². The second kappa shape index (κ2) is 7.17. The Bertz CT molecular complexity index is 936. The van der Waals surface area contributed by atoms with Crippen molar-refractivity contribution in [2.24, 2.45) is 0 Å². The lowest BCUT2D eigenvalue weighted by Crippen LogP contribution is -2.42. The number of benzene rings is 2. The van der Waals surface area contributed by atoms with Crippen LogP contribution in [0.4, 0.5) is 14.9 Å². The lowest BCUT2D eigenvalue weighted by molar-refractivity contribution is -0.133. The van der Waals surface area contributed by atoms with Gasteiger partial charge >= 0.3 is 6.03 Å². The van der Waals surface area contributed by atoms with Crippen LogP contribution in [0, 0.1) is 5.82 Å². The molecule has 1 atom stereocenters. The molecule has 2 N–H and O–H groups in total. The highest BCUT2D eigenvalue weighted by atomic mass is 35.5. The maximum Gasteiger partial charge on any atom is 0.325 e. The third kappa shape index (κ3) is 3.74. The lowest BCUT2D eigenvalue weighted by atomic mass is 9.92. The van der Waals surface area contributed by atoms with Gasteiger partial charge in [-0.15, -0.1) is 0 Å². The first-order valence-electron chi connectivity index (χ1n) is 7.86. The minimum atomic E-state index is -1.30. The average molecular weight is 410 g/mol. The molecular weight excluding hydrogens is 396 g/mol. The van der Waals surface area contributed by atoms with Crippen molar-refractivity contribution < 1.29 is 18.8 Å². The summed E-state index contributed by atoms with van der Waals surface area (Å²) in [6, 6.07) is 9.44. The zero-order chi connectivity index (χ0) is 19.8. The first kappa shape index (κ1) is 19.1. The maximum atomic E-state index is 13.2. The van der Waals surface area contributed by atoms with Crippen molar-refractivity contribution in [3.63, 3.8) is 0 Å². The Hall–Kier alpha value is -2.64. The minimum Gasteiger partial charge on any atom is -0.324 e. The van der Waals surface area contributed by atoms with Gasteiger partial charge in [0.2, 0.25) is 5.91 Å². The van der Waals surface area contributed by atoms with Gasteiger partial charge in [0.25, 0.3) is 5.91 Å². The van der Waals surface area contributed by atoms with E-state index in [1.54, 1.807) is 31.2 Å². The van der Waals surface area contributed by atoms with Crippen molar-refractivity contribution in [3.05, 3.63) is 63.9 Å². The van der Waals surface area contributed by atoms with Crippen LogP contribution in [0.25, 0.3) is 0 Å². The van der Waals surface area contributed by atoms with Crippen molar-refractivity contribution in [1.29, 1.82) is 0 Å². The van der Waals surface area contributed by atoms with Crippen LogP contribution in [0.2, 0.25) is 10.0 Å². The molecule has 1 aliphatic heterocycles. The molecule has 1 saturated heterocycles. The largest absolute Gasteiger partial charge is 0.325 e. The smallest absolute Gasteiger partial charge is 0.324 e. The molecule has 27 heavy (non-hydrogen) atoms. The van der Waals surface area contributed by atoms with Crippen molar-refractivity contribution in [2.45, 2.75) is 12.5 Å². The summed E-state index contributed by atoms with van der Waals surface area (Å²) in [4.78, 5) is 38.0. The monoisotopic (exact) mass is 409 g/mol. The molecule has 2 aromatic rings. The summed E-state index contributed by atoms with van der Waals surface area (Å²) >= 11 is 11.5. The summed E-state index contributed by atoms with van der Waals surface area (Å²) < 4.78 is 13.2. The fraction of sp³-hybridized carbons (Fsp3) is 0.167. The summed E-state index contributed by atoms with van der Waals surface area (Å²) in [5, 5.41) is 5.41. The average Bonchev–Trinajstić information content (AvgIpc) is 2.83. The Balaban J connectivity index is 1.74. The molecule has 1 aliphatic rings. The van der Waals surface area contributed by atoms with E-state index < -0.39 is 35.7 Å². The highest BCUT2D eigenvalue weighted by Gasteiger charge is 2.49. The van der Waals surface area contributed by atoms with Crippen LogP contribution >= 0.6 is 23.2 Å². The molecule has 140 valence electrons. The van der Waals surface area contributed by atoms with Crippen molar-refractivity contribution >= 4 is 46.7 Å². The van der Waals surface area contributed by atoms with Gasteiger partial charge < -0.3 is 10.6 Å². The minimum absolute atomic E-state index is 0.155. The molecule has 4 amide bonds. The summed E-state index contributed by atoms with van der Waals surface area (Å²) in [5.74, 6) is -1.81. The summed E-state index contributed by atoms with van der Waals surface area (Å²) in [5.41, 5.74) is -0.515. The first-order valence-corrected chi connectivity index (χ1v) is 8.61. The van der Waals surface area contributed by atoms with Crippen LogP contribution in [0.5, 0.6) is 0 Å². The number of carbonyl (C=O) groups is 3. The molecule has 0 radical (unpaired) electrons. The van der Waals surface area contributed by atoms with Crippen molar-refractivity contribution in [2.75, 3.05) is 11.9 Å². The van der Waals surface area contributed by atoms with E-state index in [1.807, 2.05) is 0 Å². The van der Waals surface area contributed by atoms with Crippen LogP contribution in [0.15, 0.2) is 42.5 Å². The summed E-state index contributed by atoms with van der Waals surface area (Å²) in [7, 11) is 0.